The molecule has 1 aliphatic rings. The summed E-state index contributed by atoms with van der Waals surface area (Å²) in [5, 5.41) is 11.8. The van der Waals surface area contributed by atoms with Gasteiger partial charge >= 0.3 is 0 Å². The van der Waals surface area contributed by atoms with Gasteiger partial charge in [0, 0.05) is 31.1 Å². The second kappa shape index (κ2) is 8.37. The van der Waals surface area contributed by atoms with Gasteiger partial charge in [0.25, 0.3) is 0 Å². The second-order valence-corrected chi connectivity index (χ2v) is 7.60. The molecule has 3 aromatic rings. The Morgan fingerprint density at radius 1 is 1.25 bits per heavy atom. The third kappa shape index (κ3) is 4.30. The van der Waals surface area contributed by atoms with Crippen LogP contribution in [0.4, 0.5) is 0 Å². The van der Waals surface area contributed by atoms with Gasteiger partial charge in [-0.25, -0.2) is 4.98 Å². The molecule has 2 aromatic heterocycles. The second-order valence-electron chi connectivity index (χ2n) is 7.60. The number of hydrogen-bond donors (Lipinski definition) is 1. The van der Waals surface area contributed by atoms with Crippen LogP contribution >= 0.6 is 0 Å². The van der Waals surface area contributed by atoms with Crippen LogP contribution < -0.4 is 0 Å². The van der Waals surface area contributed by atoms with Crippen molar-refractivity contribution >= 4 is 5.91 Å². The number of amides is 1. The molecule has 3 heterocycles. The van der Waals surface area contributed by atoms with Crippen molar-refractivity contribution in [2.45, 2.75) is 38.6 Å². The zero-order valence-electron chi connectivity index (χ0n) is 16.2. The van der Waals surface area contributed by atoms with E-state index < -0.39 is 0 Å². The van der Waals surface area contributed by atoms with Crippen LogP contribution in [0.5, 0.6) is 0 Å². The Hall–Kier alpha value is -2.96. The van der Waals surface area contributed by atoms with Crippen molar-refractivity contribution in [1.29, 1.82) is 0 Å². The van der Waals surface area contributed by atoms with Crippen LogP contribution in [-0.2, 0) is 17.8 Å². The van der Waals surface area contributed by atoms with E-state index in [-0.39, 0.29) is 11.8 Å². The van der Waals surface area contributed by atoms with Gasteiger partial charge in [0.15, 0.2) is 0 Å². The Kier molecular flexibility index (Phi) is 5.50. The molecular formula is C21H26N6O. The van der Waals surface area contributed by atoms with Crippen LogP contribution in [0.25, 0.3) is 0 Å². The molecule has 0 bridgehead atoms. The van der Waals surface area contributed by atoms with Crippen LogP contribution in [0.3, 0.4) is 0 Å². The summed E-state index contributed by atoms with van der Waals surface area (Å²) >= 11 is 0. The van der Waals surface area contributed by atoms with E-state index in [2.05, 4.69) is 50.6 Å². The van der Waals surface area contributed by atoms with E-state index in [4.69, 9.17) is 0 Å². The molecule has 1 saturated heterocycles. The van der Waals surface area contributed by atoms with Gasteiger partial charge in [-0.1, -0.05) is 37.3 Å². The third-order valence-electron chi connectivity index (χ3n) is 5.46. The maximum atomic E-state index is 12.7. The monoisotopic (exact) mass is 378 g/mol. The first-order valence-corrected chi connectivity index (χ1v) is 9.88. The number of benzene rings is 1. The predicted molar refractivity (Wildman–Crippen MR) is 106 cm³/mol. The first-order valence-electron chi connectivity index (χ1n) is 9.88. The Morgan fingerprint density at radius 3 is 2.75 bits per heavy atom. The van der Waals surface area contributed by atoms with Crippen molar-refractivity contribution in [3.8, 4) is 0 Å². The van der Waals surface area contributed by atoms with E-state index in [1.807, 2.05) is 17.9 Å². The highest BCUT2D eigenvalue weighted by Gasteiger charge is 2.28. The summed E-state index contributed by atoms with van der Waals surface area (Å²) in [7, 11) is 0. The van der Waals surface area contributed by atoms with E-state index in [1.165, 1.54) is 11.9 Å². The minimum atomic E-state index is -0.0962. The van der Waals surface area contributed by atoms with E-state index in [0.717, 1.165) is 43.7 Å². The maximum absolute atomic E-state index is 12.7. The number of nitrogens with one attached hydrogen (secondary N) is 1. The van der Waals surface area contributed by atoms with E-state index in [1.54, 1.807) is 11.0 Å². The quantitative estimate of drug-likeness (QED) is 0.715. The molecular weight excluding hydrogens is 352 g/mol. The molecule has 28 heavy (non-hydrogen) atoms. The molecule has 1 atom stereocenters. The highest BCUT2D eigenvalue weighted by Crippen LogP contribution is 2.28. The van der Waals surface area contributed by atoms with Gasteiger partial charge in [0.2, 0.25) is 5.91 Å². The summed E-state index contributed by atoms with van der Waals surface area (Å²) < 4.78 is 1.72. The SMILES string of the molecule is CC(Cn1cncn1)C(=O)N1CCC(c2cc(Cc3ccccc3)[nH]n2)CC1. The minimum absolute atomic E-state index is 0.0962. The molecule has 0 radical (unpaired) electrons. The lowest BCUT2D eigenvalue weighted by Crippen LogP contribution is -2.41. The predicted octanol–water partition coefficient (Wildman–Crippen LogP) is 2.63. The van der Waals surface area contributed by atoms with Gasteiger partial charge < -0.3 is 4.90 Å². The summed E-state index contributed by atoms with van der Waals surface area (Å²) in [4.78, 5) is 18.6. The summed E-state index contributed by atoms with van der Waals surface area (Å²) in [5.74, 6) is 0.511. The van der Waals surface area contributed by atoms with Gasteiger partial charge in [0.05, 0.1) is 18.2 Å². The van der Waals surface area contributed by atoms with Gasteiger partial charge in [0.1, 0.15) is 12.7 Å². The Labute approximate surface area is 164 Å². The first-order chi connectivity index (χ1) is 13.7. The van der Waals surface area contributed by atoms with E-state index >= 15 is 0 Å². The van der Waals surface area contributed by atoms with E-state index in [0.29, 0.717) is 12.5 Å². The van der Waals surface area contributed by atoms with Gasteiger partial charge in [-0.05, 0) is 24.5 Å². The number of aromatic amines is 1. The molecule has 4 rings (SSSR count). The summed E-state index contributed by atoms with van der Waals surface area (Å²) in [6.45, 7) is 4.10. The fraction of sp³-hybridized carbons (Fsp3) is 0.429. The largest absolute Gasteiger partial charge is 0.342 e. The summed E-state index contributed by atoms with van der Waals surface area (Å²) in [5.41, 5.74) is 3.54. The van der Waals surface area contributed by atoms with Crippen LogP contribution in [0.2, 0.25) is 0 Å². The highest BCUT2D eigenvalue weighted by atomic mass is 16.2. The Balaban J connectivity index is 1.30. The van der Waals surface area contributed by atoms with Gasteiger partial charge in [-0.2, -0.15) is 10.2 Å². The molecule has 0 saturated carbocycles. The number of piperidine rings is 1. The number of hydrogen-bond acceptors (Lipinski definition) is 4. The first kappa shape index (κ1) is 18.4. The van der Waals surface area contributed by atoms with Crippen molar-refractivity contribution in [2.24, 2.45) is 5.92 Å². The van der Waals surface area contributed by atoms with Crippen molar-refractivity contribution in [2.75, 3.05) is 13.1 Å². The Morgan fingerprint density at radius 2 is 2.04 bits per heavy atom. The average molecular weight is 378 g/mol. The fourth-order valence-corrected chi connectivity index (χ4v) is 3.89. The zero-order chi connectivity index (χ0) is 19.3. The molecule has 7 nitrogen and oxygen atoms in total. The molecule has 1 unspecified atom stereocenters. The van der Waals surface area contributed by atoms with Crippen molar-refractivity contribution in [1.82, 2.24) is 29.9 Å². The molecule has 1 aromatic carbocycles. The van der Waals surface area contributed by atoms with Crippen LogP contribution in [-0.4, -0.2) is 48.9 Å². The molecule has 1 aliphatic heterocycles. The normalized spacial score (nSPS) is 16.2. The minimum Gasteiger partial charge on any atom is -0.342 e. The number of nitrogens with zero attached hydrogens (tertiary/aromatic N) is 5. The van der Waals surface area contributed by atoms with Gasteiger partial charge in [-0.15, -0.1) is 0 Å². The Bertz CT molecular complexity index is 881. The van der Waals surface area contributed by atoms with Crippen molar-refractivity contribution < 1.29 is 4.79 Å². The molecule has 146 valence electrons. The summed E-state index contributed by atoms with van der Waals surface area (Å²) in [6, 6.07) is 12.6. The zero-order valence-corrected chi connectivity index (χ0v) is 16.2. The number of aromatic nitrogens is 5. The topological polar surface area (TPSA) is 79.7 Å². The van der Waals surface area contributed by atoms with E-state index in [9.17, 15) is 4.79 Å². The van der Waals surface area contributed by atoms with Crippen LogP contribution in [0.1, 0.15) is 42.6 Å². The molecule has 1 fully saturated rings. The van der Waals surface area contributed by atoms with Crippen LogP contribution in [0, 0.1) is 5.92 Å². The lowest BCUT2D eigenvalue weighted by atomic mass is 9.92. The molecule has 0 spiro atoms. The molecule has 0 aliphatic carbocycles. The number of rotatable bonds is 6. The highest BCUT2D eigenvalue weighted by molar-refractivity contribution is 5.78. The molecule has 7 heteroatoms. The van der Waals surface area contributed by atoms with Crippen LogP contribution in [0.15, 0.2) is 49.1 Å². The maximum Gasteiger partial charge on any atom is 0.227 e. The molecule has 1 amide bonds. The average Bonchev–Trinajstić information content (AvgIpc) is 3.40. The lowest BCUT2D eigenvalue weighted by Gasteiger charge is -2.33. The third-order valence-corrected chi connectivity index (χ3v) is 5.46. The van der Waals surface area contributed by atoms with Crippen molar-refractivity contribution in [3.63, 3.8) is 0 Å². The van der Waals surface area contributed by atoms with Crippen molar-refractivity contribution in [3.05, 3.63) is 66.0 Å². The molecule has 1 N–H and O–H groups in total. The number of H-pyrrole nitrogens is 1. The smallest absolute Gasteiger partial charge is 0.227 e. The lowest BCUT2D eigenvalue weighted by molar-refractivity contribution is -0.136. The fourth-order valence-electron chi connectivity index (χ4n) is 3.89. The summed E-state index contributed by atoms with van der Waals surface area (Å²) in [6.07, 6.45) is 5.93. The standard InChI is InChI=1S/C21H26N6O/c1-16(13-27-15-22-14-23-27)21(28)26-9-7-18(8-10-26)20-12-19(24-25-20)11-17-5-3-2-4-6-17/h2-6,12,14-16,18H,7-11,13H2,1H3,(H,24,25). The number of carbonyl (C=O) groups is 1. The number of likely N-dealkylation sites (tertiary alicyclic amines) is 1. The number of carbonyl (C=O) groups excluding carboxylic acids is 1. The van der Waals surface area contributed by atoms with Gasteiger partial charge in [-0.3, -0.25) is 14.6 Å².